The van der Waals surface area contributed by atoms with Crippen molar-refractivity contribution in [1.29, 1.82) is 0 Å². The average Bonchev–Trinajstić information content (AvgIpc) is 2.69. The highest BCUT2D eigenvalue weighted by Gasteiger charge is 2.41. The zero-order valence-corrected chi connectivity index (χ0v) is 16.8. The van der Waals surface area contributed by atoms with E-state index in [4.69, 9.17) is 0 Å². The fourth-order valence-electron chi connectivity index (χ4n) is 4.18. The molecule has 5 heteroatoms. The standard InChI is InChI=1S/C21H30N2O2S/c1-17(26-2)20(25)22-14-11-21(12-15-22)10-8-19(24)23(16-21)13-9-18-6-4-3-5-7-18/h3-7,17H,8-16H2,1-2H3. The lowest BCUT2D eigenvalue weighted by atomic mass is 9.72. The van der Waals surface area contributed by atoms with Crippen molar-refractivity contribution in [2.45, 2.75) is 44.3 Å². The van der Waals surface area contributed by atoms with Crippen molar-refractivity contribution >= 4 is 23.6 Å². The summed E-state index contributed by atoms with van der Waals surface area (Å²) in [4.78, 5) is 28.9. The molecule has 1 atom stereocenters. The molecule has 0 aromatic heterocycles. The molecule has 4 nitrogen and oxygen atoms in total. The third kappa shape index (κ3) is 4.43. The van der Waals surface area contributed by atoms with E-state index in [1.165, 1.54) is 5.56 Å². The summed E-state index contributed by atoms with van der Waals surface area (Å²) < 4.78 is 0. The van der Waals surface area contributed by atoms with Gasteiger partial charge in [-0.05, 0) is 49.8 Å². The maximum Gasteiger partial charge on any atom is 0.235 e. The van der Waals surface area contributed by atoms with Crippen LogP contribution in [0.25, 0.3) is 0 Å². The van der Waals surface area contributed by atoms with Crippen LogP contribution in [0.5, 0.6) is 0 Å². The third-order valence-corrected chi connectivity index (χ3v) is 7.01. The fraction of sp³-hybridized carbons (Fsp3) is 0.619. The molecule has 3 rings (SSSR count). The molecule has 2 amide bonds. The molecule has 0 bridgehead atoms. The Kier molecular flexibility index (Phi) is 6.28. The second-order valence-corrected chi connectivity index (χ2v) is 8.93. The number of carbonyl (C=O) groups excluding carboxylic acids is 2. The minimum atomic E-state index is 0.0411. The first-order chi connectivity index (χ1) is 12.5. The molecule has 0 aliphatic carbocycles. The summed E-state index contributed by atoms with van der Waals surface area (Å²) in [6.45, 7) is 5.33. The molecule has 1 aromatic carbocycles. The number of benzene rings is 1. The monoisotopic (exact) mass is 374 g/mol. The van der Waals surface area contributed by atoms with Crippen LogP contribution in [-0.4, -0.2) is 59.3 Å². The highest BCUT2D eigenvalue weighted by Crippen LogP contribution is 2.40. The van der Waals surface area contributed by atoms with E-state index in [9.17, 15) is 9.59 Å². The van der Waals surface area contributed by atoms with Gasteiger partial charge in [0.05, 0.1) is 5.25 Å². The van der Waals surface area contributed by atoms with Gasteiger partial charge in [0.2, 0.25) is 11.8 Å². The fourth-order valence-corrected chi connectivity index (χ4v) is 4.53. The molecule has 2 aliphatic heterocycles. The Morgan fingerprint density at radius 2 is 1.88 bits per heavy atom. The number of thioether (sulfide) groups is 1. The Bertz CT molecular complexity index is 626. The summed E-state index contributed by atoms with van der Waals surface area (Å²) >= 11 is 1.61. The van der Waals surface area contributed by atoms with Crippen LogP contribution in [-0.2, 0) is 16.0 Å². The van der Waals surface area contributed by atoms with Crippen LogP contribution < -0.4 is 0 Å². The van der Waals surface area contributed by atoms with Crippen molar-refractivity contribution in [2.75, 3.05) is 32.4 Å². The number of nitrogens with zero attached hydrogens (tertiary/aromatic N) is 2. The van der Waals surface area contributed by atoms with E-state index in [-0.39, 0.29) is 16.6 Å². The number of piperidine rings is 2. The molecule has 2 saturated heterocycles. The van der Waals surface area contributed by atoms with Gasteiger partial charge >= 0.3 is 0 Å². The Hall–Kier alpha value is -1.49. The number of likely N-dealkylation sites (tertiary alicyclic amines) is 2. The molecule has 26 heavy (non-hydrogen) atoms. The summed E-state index contributed by atoms with van der Waals surface area (Å²) in [5.74, 6) is 0.557. The highest BCUT2D eigenvalue weighted by molar-refractivity contribution is 7.99. The van der Waals surface area contributed by atoms with Crippen LogP contribution in [0.1, 0.15) is 38.2 Å². The van der Waals surface area contributed by atoms with Gasteiger partial charge in [-0.3, -0.25) is 9.59 Å². The summed E-state index contributed by atoms with van der Waals surface area (Å²) in [7, 11) is 0. The van der Waals surface area contributed by atoms with Crippen LogP contribution in [0.2, 0.25) is 0 Å². The van der Waals surface area contributed by atoms with Gasteiger partial charge in [-0.25, -0.2) is 0 Å². The second kappa shape index (κ2) is 8.47. The lowest BCUT2D eigenvalue weighted by Gasteiger charge is -2.47. The first-order valence-electron chi connectivity index (χ1n) is 9.66. The van der Waals surface area contributed by atoms with E-state index in [2.05, 4.69) is 29.2 Å². The minimum Gasteiger partial charge on any atom is -0.342 e. The molecule has 142 valence electrons. The molecule has 0 saturated carbocycles. The maximum atomic E-state index is 12.4. The van der Waals surface area contributed by atoms with Crippen molar-refractivity contribution in [3.63, 3.8) is 0 Å². The zero-order chi connectivity index (χ0) is 18.6. The van der Waals surface area contributed by atoms with Crippen LogP contribution in [0.4, 0.5) is 0 Å². The molecule has 1 aromatic rings. The van der Waals surface area contributed by atoms with E-state index < -0.39 is 0 Å². The van der Waals surface area contributed by atoms with Crippen molar-refractivity contribution < 1.29 is 9.59 Å². The second-order valence-electron chi connectivity index (χ2n) is 7.75. The van der Waals surface area contributed by atoms with Gasteiger partial charge in [-0.15, -0.1) is 0 Å². The number of hydrogen-bond donors (Lipinski definition) is 0. The molecule has 2 aliphatic rings. The summed E-state index contributed by atoms with van der Waals surface area (Å²) in [6.07, 6.45) is 6.59. The van der Waals surface area contributed by atoms with Gasteiger partial charge in [0.25, 0.3) is 0 Å². The van der Waals surface area contributed by atoms with Gasteiger partial charge < -0.3 is 9.80 Å². The first kappa shape index (κ1) is 19.3. The topological polar surface area (TPSA) is 40.6 Å². The highest BCUT2D eigenvalue weighted by atomic mass is 32.2. The zero-order valence-electron chi connectivity index (χ0n) is 15.9. The van der Waals surface area contributed by atoms with Crippen molar-refractivity contribution in [3.8, 4) is 0 Å². The van der Waals surface area contributed by atoms with Gasteiger partial charge in [0.1, 0.15) is 0 Å². The molecule has 0 N–H and O–H groups in total. The first-order valence-corrected chi connectivity index (χ1v) is 11.0. The summed E-state index contributed by atoms with van der Waals surface area (Å²) in [5, 5.41) is 0.0411. The van der Waals surface area contributed by atoms with E-state index in [0.717, 1.165) is 51.9 Å². The van der Waals surface area contributed by atoms with Gasteiger partial charge in [0, 0.05) is 32.6 Å². The summed E-state index contributed by atoms with van der Waals surface area (Å²) in [6, 6.07) is 10.4. The lowest BCUT2D eigenvalue weighted by Crippen LogP contribution is -2.53. The Labute approximate surface area is 161 Å². The lowest BCUT2D eigenvalue weighted by molar-refractivity contribution is -0.142. The third-order valence-electron chi connectivity index (χ3n) is 6.10. The molecule has 1 spiro atoms. The van der Waals surface area contributed by atoms with Gasteiger partial charge in [0.15, 0.2) is 0 Å². The van der Waals surface area contributed by atoms with Crippen LogP contribution >= 0.6 is 11.8 Å². The normalized spacial score (nSPS) is 21.1. The molecular weight excluding hydrogens is 344 g/mol. The van der Waals surface area contributed by atoms with Crippen LogP contribution in [0.15, 0.2) is 30.3 Å². The van der Waals surface area contributed by atoms with E-state index in [1.54, 1.807) is 11.8 Å². The van der Waals surface area contributed by atoms with E-state index >= 15 is 0 Å². The Morgan fingerprint density at radius 1 is 1.19 bits per heavy atom. The Morgan fingerprint density at radius 3 is 2.54 bits per heavy atom. The predicted molar refractivity (Wildman–Crippen MR) is 107 cm³/mol. The van der Waals surface area contributed by atoms with Gasteiger partial charge in [-0.2, -0.15) is 11.8 Å². The number of rotatable bonds is 5. The number of hydrogen-bond acceptors (Lipinski definition) is 3. The smallest absolute Gasteiger partial charge is 0.235 e. The van der Waals surface area contributed by atoms with E-state index in [1.807, 2.05) is 24.1 Å². The molecular formula is C21H30N2O2S. The maximum absolute atomic E-state index is 12.4. The number of carbonyl (C=O) groups is 2. The predicted octanol–water partition coefficient (Wildman–Crippen LogP) is 3.21. The largest absolute Gasteiger partial charge is 0.342 e. The molecule has 2 fully saturated rings. The van der Waals surface area contributed by atoms with Crippen molar-refractivity contribution in [2.24, 2.45) is 5.41 Å². The molecule has 1 unspecified atom stereocenters. The Balaban J connectivity index is 1.56. The SMILES string of the molecule is CSC(C)C(=O)N1CCC2(CCC(=O)N(CCc3ccccc3)C2)CC1. The van der Waals surface area contributed by atoms with Crippen molar-refractivity contribution in [3.05, 3.63) is 35.9 Å². The molecule has 0 radical (unpaired) electrons. The van der Waals surface area contributed by atoms with Crippen molar-refractivity contribution in [1.82, 2.24) is 9.80 Å². The van der Waals surface area contributed by atoms with Crippen LogP contribution in [0, 0.1) is 5.41 Å². The van der Waals surface area contributed by atoms with Gasteiger partial charge in [-0.1, -0.05) is 30.3 Å². The number of amides is 2. The molecule has 2 heterocycles. The summed E-state index contributed by atoms with van der Waals surface area (Å²) in [5.41, 5.74) is 1.50. The quantitative estimate of drug-likeness (QED) is 0.795. The average molecular weight is 375 g/mol. The van der Waals surface area contributed by atoms with Crippen LogP contribution in [0.3, 0.4) is 0 Å². The minimum absolute atomic E-state index is 0.0411. The van der Waals surface area contributed by atoms with E-state index in [0.29, 0.717) is 12.3 Å².